The van der Waals surface area contributed by atoms with Crippen molar-refractivity contribution in [3.8, 4) is 5.75 Å². The Kier molecular flexibility index (Phi) is 4.60. The minimum Gasteiger partial charge on any atom is -0.497 e. The zero-order valence-corrected chi connectivity index (χ0v) is 16.1. The van der Waals surface area contributed by atoms with E-state index >= 15 is 0 Å². The lowest BCUT2D eigenvalue weighted by atomic mass is 10.1. The molecule has 0 aliphatic carbocycles. The van der Waals surface area contributed by atoms with Crippen LogP contribution in [0.1, 0.15) is 43.6 Å². The molecule has 0 N–H and O–H groups in total. The fraction of sp³-hybridized carbons (Fsp3) is 0.364. The highest BCUT2D eigenvalue weighted by molar-refractivity contribution is 5.81. The number of nitrogens with zero attached hydrogens (tertiary/aromatic N) is 3. The second-order valence-corrected chi connectivity index (χ2v) is 7.45. The van der Waals surface area contributed by atoms with Gasteiger partial charge in [0.2, 0.25) is 5.91 Å². The van der Waals surface area contributed by atoms with Gasteiger partial charge in [-0.15, -0.1) is 0 Å². The van der Waals surface area contributed by atoms with E-state index in [1.165, 1.54) is 0 Å². The first-order valence-corrected chi connectivity index (χ1v) is 9.44. The Morgan fingerprint density at radius 3 is 2.59 bits per heavy atom. The van der Waals surface area contributed by atoms with E-state index in [1.807, 2.05) is 47.4 Å². The van der Waals surface area contributed by atoms with Crippen LogP contribution in [0.2, 0.25) is 0 Å². The number of hydrogen-bond acceptors (Lipinski definition) is 3. The summed E-state index contributed by atoms with van der Waals surface area (Å²) in [4.78, 5) is 19.5. The van der Waals surface area contributed by atoms with Crippen molar-refractivity contribution in [2.75, 3.05) is 13.7 Å². The number of ether oxygens (including phenoxy) is 1. The summed E-state index contributed by atoms with van der Waals surface area (Å²) in [5.74, 6) is 2.18. The van der Waals surface area contributed by atoms with Gasteiger partial charge in [-0.1, -0.05) is 24.3 Å². The van der Waals surface area contributed by atoms with Gasteiger partial charge in [0.1, 0.15) is 11.6 Å². The third-order valence-corrected chi connectivity index (χ3v) is 5.25. The van der Waals surface area contributed by atoms with E-state index in [2.05, 4.69) is 24.5 Å². The molecule has 3 aromatic rings. The summed E-state index contributed by atoms with van der Waals surface area (Å²) in [7, 11) is 1.66. The third kappa shape index (κ3) is 3.29. The highest BCUT2D eigenvalue weighted by atomic mass is 16.5. The van der Waals surface area contributed by atoms with E-state index in [0.29, 0.717) is 25.6 Å². The fourth-order valence-corrected chi connectivity index (χ4v) is 3.94. The van der Waals surface area contributed by atoms with Crippen LogP contribution in [0.3, 0.4) is 0 Å². The van der Waals surface area contributed by atoms with Crippen molar-refractivity contribution in [1.29, 1.82) is 0 Å². The summed E-state index contributed by atoms with van der Waals surface area (Å²) < 4.78 is 7.49. The van der Waals surface area contributed by atoms with Gasteiger partial charge >= 0.3 is 0 Å². The van der Waals surface area contributed by atoms with Gasteiger partial charge in [-0.25, -0.2) is 4.98 Å². The maximum Gasteiger partial charge on any atom is 0.223 e. The highest BCUT2D eigenvalue weighted by Crippen LogP contribution is 2.33. The smallest absolute Gasteiger partial charge is 0.223 e. The van der Waals surface area contributed by atoms with Crippen LogP contribution in [0, 0.1) is 0 Å². The molecular weight excluding hydrogens is 338 g/mol. The largest absolute Gasteiger partial charge is 0.497 e. The number of hydrogen-bond donors (Lipinski definition) is 0. The zero-order chi connectivity index (χ0) is 19.0. The van der Waals surface area contributed by atoms with Crippen molar-refractivity contribution in [1.82, 2.24) is 14.5 Å². The quantitative estimate of drug-likeness (QED) is 0.684. The molecular formula is C22H25N3O2. The van der Waals surface area contributed by atoms with Crippen molar-refractivity contribution in [3.05, 3.63) is 59.9 Å². The first-order valence-electron chi connectivity index (χ1n) is 9.44. The van der Waals surface area contributed by atoms with Gasteiger partial charge < -0.3 is 14.2 Å². The van der Waals surface area contributed by atoms with Crippen LogP contribution in [-0.2, 0) is 11.3 Å². The van der Waals surface area contributed by atoms with Gasteiger partial charge in [-0.2, -0.15) is 0 Å². The Labute approximate surface area is 159 Å². The van der Waals surface area contributed by atoms with Crippen LogP contribution in [0.5, 0.6) is 5.75 Å². The lowest BCUT2D eigenvalue weighted by Crippen LogP contribution is -2.24. The number of carbonyl (C=O) groups excluding carboxylic acids is 1. The SMILES string of the molecule is COc1ccc(CN2CC(c3nc4ccccc4n3C(C)C)CC2=O)cc1. The number of carbonyl (C=O) groups is 1. The summed E-state index contributed by atoms with van der Waals surface area (Å²) in [5.41, 5.74) is 3.26. The third-order valence-electron chi connectivity index (χ3n) is 5.25. The summed E-state index contributed by atoms with van der Waals surface area (Å²) >= 11 is 0. The number of methoxy groups -OCH3 is 1. The molecule has 5 heteroatoms. The Hall–Kier alpha value is -2.82. The molecule has 1 aromatic heterocycles. The van der Waals surface area contributed by atoms with E-state index in [4.69, 9.17) is 9.72 Å². The summed E-state index contributed by atoms with van der Waals surface area (Å²) in [5, 5.41) is 0. The van der Waals surface area contributed by atoms with E-state index in [9.17, 15) is 4.79 Å². The molecule has 0 radical (unpaired) electrons. The zero-order valence-electron chi connectivity index (χ0n) is 16.1. The molecule has 5 nitrogen and oxygen atoms in total. The molecule has 1 saturated heterocycles. The van der Waals surface area contributed by atoms with E-state index < -0.39 is 0 Å². The first kappa shape index (κ1) is 17.6. The highest BCUT2D eigenvalue weighted by Gasteiger charge is 2.34. The molecule has 1 unspecified atom stereocenters. The van der Waals surface area contributed by atoms with Crippen LogP contribution in [0.25, 0.3) is 11.0 Å². The van der Waals surface area contributed by atoms with Gasteiger partial charge in [0, 0.05) is 31.5 Å². The molecule has 27 heavy (non-hydrogen) atoms. The second kappa shape index (κ2) is 7.06. The molecule has 2 aromatic carbocycles. The number of likely N-dealkylation sites (tertiary alicyclic amines) is 1. The van der Waals surface area contributed by atoms with Gasteiger partial charge in [-0.3, -0.25) is 4.79 Å². The van der Waals surface area contributed by atoms with E-state index in [1.54, 1.807) is 7.11 Å². The standard InChI is InChI=1S/C22H25N3O2/c1-15(2)25-20-7-5-4-6-19(20)23-22(25)17-12-21(26)24(14-17)13-16-8-10-18(27-3)11-9-16/h4-11,15,17H,12-14H2,1-3H3. The van der Waals surface area contributed by atoms with Crippen LogP contribution in [0.15, 0.2) is 48.5 Å². The maximum atomic E-state index is 12.6. The molecule has 1 fully saturated rings. The molecule has 1 aliphatic heterocycles. The molecule has 0 saturated carbocycles. The summed E-state index contributed by atoms with van der Waals surface area (Å²) in [6, 6.07) is 16.4. The van der Waals surface area contributed by atoms with E-state index in [0.717, 1.165) is 28.2 Å². The second-order valence-electron chi connectivity index (χ2n) is 7.45. The van der Waals surface area contributed by atoms with E-state index in [-0.39, 0.29) is 11.8 Å². The number of para-hydroxylation sites is 2. The molecule has 0 spiro atoms. The van der Waals surface area contributed by atoms with Crippen molar-refractivity contribution >= 4 is 16.9 Å². The average Bonchev–Trinajstić information content (AvgIpc) is 3.23. The van der Waals surface area contributed by atoms with Crippen LogP contribution in [0.4, 0.5) is 0 Å². The van der Waals surface area contributed by atoms with Gasteiger partial charge in [0.25, 0.3) is 0 Å². The topological polar surface area (TPSA) is 47.4 Å². The average molecular weight is 363 g/mol. The number of rotatable bonds is 5. The predicted molar refractivity (Wildman–Crippen MR) is 106 cm³/mol. The monoisotopic (exact) mass is 363 g/mol. The Balaban J connectivity index is 1.58. The molecule has 4 rings (SSSR count). The normalized spacial score (nSPS) is 17.3. The minimum absolute atomic E-state index is 0.130. The number of aromatic nitrogens is 2. The molecule has 1 aliphatic rings. The first-order chi connectivity index (χ1) is 13.1. The molecule has 1 atom stereocenters. The summed E-state index contributed by atoms with van der Waals surface area (Å²) in [6.07, 6.45) is 0.520. The van der Waals surface area contributed by atoms with Crippen LogP contribution < -0.4 is 4.74 Å². The molecule has 2 heterocycles. The van der Waals surface area contributed by atoms with Crippen molar-refractivity contribution < 1.29 is 9.53 Å². The van der Waals surface area contributed by atoms with Crippen LogP contribution in [-0.4, -0.2) is 34.0 Å². The maximum absolute atomic E-state index is 12.6. The van der Waals surface area contributed by atoms with Crippen molar-refractivity contribution in [2.24, 2.45) is 0 Å². The predicted octanol–water partition coefficient (Wildman–Crippen LogP) is 4.14. The van der Waals surface area contributed by atoms with Gasteiger partial charge in [0.15, 0.2) is 0 Å². The molecule has 0 bridgehead atoms. The Bertz CT molecular complexity index is 959. The number of amides is 1. The van der Waals surface area contributed by atoms with Crippen LogP contribution >= 0.6 is 0 Å². The van der Waals surface area contributed by atoms with Crippen molar-refractivity contribution in [2.45, 2.75) is 38.8 Å². The minimum atomic E-state index is 0.130. The Morgan fingerprint density at radius 1 is 1.15 bits per heavy atom. The fourth-order valence-electron chi connectivity index (χ4n) is 3.94. The summed E-state index contributed by atoms with van der Waals surface area (Å²) in [6.45, 7) is 5.68. The van der Waals surface area contributed by atoms with Gasteiger partial charge in [-0.05, 0) is 43.7 Å². The number of imidazole rings is 1. The molecule has 1 amide bonds. The Morgan fingerprint density at radius 2 is 1.89 bits per heavy atom. The molecule has 140 valence electrons. The number of benzene rings is 2. The van der Waals surface area contributed by atoms with Gasteiger partial charge in [0.05, 0.1) is 18.1 Å². The van der Waals surface area contributed by atoms with Crippen molar-refractivity contribution in [3.63, 3.8) is 0 Å². The number of fused-ring (bicyclic) bond motifs is 1. The lowest BCUT2D eigenvalue weighted by molar-refractivity contribution is -0.128. The lowest BCUT2D eigenvalue weighted by Gasteiger charge is -2.19.